The second kappa shape index (κ2) is 9.17. The molecule has 0 amide bonds. The number of nitrogens with zero attached hydrogens (tertiary/aromatic N) is 4. The van der Waals surface area contributed by atoms with Crippen molar-refractivity contribution in [2.24, 2.45) is 16.8 Å². The van der Waals surface area contributed by atoms with E-state index in [1.54, 1.807) is 0 Å². The standard InChI is InChI=1S/C37H32N4/c1-25-21-29(41-35-10-6-4-8-32(35)33-18-20-39-24-37(33,41)2)16-13-27(25)22-26-11-14-28(15-12-26)40-34-9-5-3-7-30(34)31-17-19-38-23-36(31)40/h3-21,23-25,27,33H,22H2,1-2H3. The predicted octanol–water partition coefficient (Wildman–Crippen LogP) is 8.39. The van der Waals surface area contributed by atoms with E-state index in [-0.39, 0.29) is 5.54 Å². The van der Waals surface area contributed by atoms with Crippen LogP contribution in [-0.4, -0.2) is 21.3 Å². The Morgan fingerprint density at radius 2 is 1.66 bits per heavy atom. The van der Waals surface area contributed by atoms with Gasteiger partial charge in [0.2, 0.25) is 0 Å². The minimum Gasteiger partial charge on any atom is -0.330 e. The minimum atomic E-state index is -0.195. The average molecular weight is 533 g/mol. The van der Waals surface area contributed by atoms with Crippen LogP contribution in [-0.2, 0) is 6.42 Å². The first-order valence-corrected chi connectivity index (χ1v) is 14.5. The third-order valence-corrected chi connectivity index (χ3v) is 9.35. The molecule has 1 aliphatic carbocycles. The highest BCUT2D eigenvalue weighted by Gasteiger charge is 2.48. The zero-order valence-electron chi connectivity index (χ0n) is 23.4. The smallest absolute Gasteiger partial charge is 0.0879 e. The van der Waals surface area contributed by atoms with Gasteiger partial charge in [0.15, 0.2) is 0 Å². The maximum Gasteiger partial charge on any atom is 0.0879 e. The zero-order valence-corrected chi connectivity index (χ0v) is 23.4. The second-order valence-electron chi connectivity index (χ2n) is 11.8. The molecule has 0 saturated carbocycles. The van der Waals surface area contributed by atoms with Crippen molar-refractivity contribution >= 4 is 33.7 Å². The number of pyridine rings is 1. The Morgan fingerprint density at radius 3 is 2.54 bits per heavy atom. The van der Waals surface area contributed by atoms with Gasteiger partial charge in [-0.2, -0.15) is 0 Å². The van der Waals surface area contributed by atoms with Crippen molar-refractivity contribution in [1.29, 1.82) is 0 Å². The summed E-state index contributed by atoms with van der Waals surface area (Å²) in [6.07, 6.45) is 18.4. The van der Waals surface area contributed by atoms with Gasteiger partial charge in [-0.25, -0.2) is 0 Å². The Labute approximate surface area is 240 Å². The van der Waals surface area contributed by atoms with E-state index in [2.05, 4.69) is 143 Å². The van der Waals surface area contributed by atoms with Crippen molar-refractivity contribution in [2.45, 2.75) is 31.7 Å². The number of benzene rings is 3. The van der Waals surface area contributed by atoms with E-state index < -0.39 is 0 Å². The molecule has 4 atom stereocenters. The number of aliphatic imine (C=N–C) groups is 1. The predicted molar refractivity (Wildman–Crippen MR) is 170 cm³/mol. The summed E-state index contributed by atoms with van der Waals surface area (Å²) in [7, 11) is 0. The molecule has 0 spiro atoms. The Hall–Kier alpha value is -4.70. The molecular weight excluding hydrogens is 500 g/mol. The number of hydrogen-bond donors (Lipinski definition) is 0. The first-order valence-electron chi connectivity index (χ1n) is 14.5. The number of allylic oxidation sites excluding steroid dienone is 3. The summed E-state index contributed by atoms with van der Waals surface area (Å²) in [6.45, 7) is 4.66. The van der Waals surface area contributed by atoms with Crippen LogP contribution in [0.3, 0.4) is 0 Å². The van der Waals surface area contributed by atoms with Crippen molar-refractivity contribution in [3.05, 3.63) is 139 Å². The third-order valence-electron chi connectivity index (χ3n) is 9.35. The molecule has 0 radical (unpaired) electrons. The van der Waals surface area contributed by atoms with Crippen LogP contribution in [0.1, 0.15) is 30.9 Å². The van der Waals surface area contributed by atoms with Crippen molar-refractivity contribution in [2.75, 3.05) is 4.90 Å². The molecule has 0 bridgehead atoms. The monoisotopic (exact) mass is 532 g/mol. The van der Waals surface area contributed by atoms with Crippen LogP contribution < -0.4 is 4.90 Å². The quantitative estimate of drug-likeness (QED) is 0.233. The summed E-state index contributed by atoms with van der Waals surface area (Å²) in [4.78, 5) is 11.5. The van der Waals surface area contributed by atoms with Gasteiger partial charge in [0.1, 0.15) is 0 Å². The molecule has 2 aliphatic heterocycles. The molecule has 4 unspecified atom stereocenters. The van der Waals surface area contributed by atoms with E-state index >= 15 is 0 Å². The first kappa shape index (κ1) is 24.1. The Balaban J connectivity index is 1.06. The largest absolute Gasteiger partial charge is 0.330 e. The van der Waals surface area contributed by atoms with Crippen molar-refractivity contribution in [3.8, 4) is 5.69 Å². The van der Waals surface area contributed by atoms with Crippen molar-refractivity contribution < 1.29 is 0 Å². The maximum absolute atomic E-state index is 4.56. The van der Waals surface area contributed by atoms with Crippen LogP contribution in [0.15, 0.2) is 132 Å². The minimum absolute atomic E-state index is 0.195. The lowest BCUT2D eigenvalue weighted by molar-refractivity contribution is 0.493. The van der Waals surface area contributed by atoms with E-state index in [0.717, 1.165) is 11.9 Å². The molecule has 0 fully saturated rings. The van der Waals surface area contributed by atoms with E-state index in [4.69, 9.17) is 0 Å². The molecule has 0 N–H and O–H groups in total. The molecule has 5 aromatic rings. The molecule has 3 aliphatic rings. The molecule has 2 aromatic heterocycles. The molecule has 8 rings (SSSR count). The van der Waals surface area contributed by atoms with E-state index in [9.17, 15) is 0 Å². The number of rotatable bonds is 4. The van der Waals surface area contributed by atoms with E-state index in [0.29, 0.717) is 17.8 Å². The normalized spacial score (nSPS) is 24.6. The fourth-order valence-electron chi connectivity index (χ4n) is 7.25. The molecule has 3 aromatic carbocycles. The fourth-order valence-corrected chi connectivity index (χ4v) is 7.25. The summed E-state index contributed by atoms with van der Waals surface area (Å²) in [5.41, 5.74) is 8.61. The highest BCUT2D eigenvalue weighted by atomic mass is 15.2. The van der Waals surface area contributed by atoms with Gasteiger partial charge in [-0.15, -0.1) is 0 Å². The van der Waals surface area contributed by atoms with Gasteiger partial charge in [0.25, 0.3) is 0 Å². The molecule has 0 saturated heterocycles. The highest BCUT2D eigenvalue weighted by molar-refractivity contribution is 6.08. The number of anilines is 1. The fraction of sp³-hybridized carbons (Fsp3) is 0.189. The van der Waals surface area contributed by atoms with Crippen LogP contribution in [0.2, 0.25) is 0 Å². The Morgan fingerprint density at radius 1 is 0.854 bits per heavy atom. The topological polar surface area (TPSA) is 33.4 Å². The van der Waals surface area contributed by atoms with Gasteiger partial charge in [-0.3, -0.25) is 9.98 Å². The van der Waals surface area contributed by atoms with Crippen LogP contribution in [0, 0.1) is 11.8 Å². The van der Waals surface area contributed by atoms with Gasteiger partial charge in [0.05, 0.1) is 22.8 Å². The first-order chi connectivity index (χ1) is 20.1. The molecule has 4 heterocycles. The average Bonchev–Trinajstić information content (AvgIpc) is 3.48. The molecule has 4 nitrogen and oxygen atoms in total. The third kappa shape index (κ3) is 3.67. The summed E-state index contributed by atoms with van der Waals surface area (Å²) in [5, 5.41) is 2.49. The van der Waals surface area contributed by atoms with Gasteiger partial charge < -0.3 is 9.47 Å². The lowest BCUT2D eigenvalue weighted by Gasteiger charge is -2.40. The number of hydrogen-bond acceptors (Lipinski definition) is 3. The number of fused-ring (bicyclic) bond motifs is 6. The van der Waals surface area contributed by atoms with Crippen molar-refractivity contribution in [3.63, 3.8) is 0 Å². The van der Waals surface area contributed by atoms with Crippen LogP contribution in [0.4, 0.5) is 5.69 Å². The summed E-state index contributed by atoms with van der Waals surface area (Å²) >= 11 is 0. The summed E-state index contributed by atoms with van der Waals surface area (Å²) < 4.78 is 2.32. The Bertz CT molecular complexity index is 1870. The van der Waals surface area contributed by atoms with E-state index in [1.165, 1.54) is 44.5 Å². The molecule has 200 valence electrons. The summed E-state index contributed by atoms with van der Waals surface area (Å²) in [6, 6.07) is 28.6. The lowest BCUT2D eigenvalue weighted by atomic mass is 9.81. The van der Waals surface area contributed by atoms with Crippen LogP contribution >= 0.6 is 0 Å². The highest BCUT2D eigenvalue weighted by Crippen LogP contribution is 2.51. The Kier molecular flexibility index (Phi) is 5.40. The van der Waals surface area contributed by atoms with Crippen LogP contribution in [0.25, 0.3) is 27.5 Å². The van der Waals surface area contributed by atoms with Crippen molar-refractivity contribution in [1.82, 2.24) is 9.55 Å². The number of aromatic nitrogens is 2. The zero-order chi connectivity index (χ0) is 27.6. The molecular formula is C37H32N4. The molecule has 41 heavy (non-hydrogen) atoms. The lowest BCUT2D eigenvalue weighted by Crippen LogP contribution is -2.47. The van der Waals surface area contributed by atoms with Gasteiger partial charge >= 0.3 is 0 Å². The maximum atomic E-state index is 4.56. The second-order valence-corrected chi connectivity index (χ2v) is 11.8. The van der Waals surface area contributed by atoms with Gasteiger partial charge in [-0.1, -0.05) is 73.7 Å². The summed E-state index contributed by atoms with van der Waals surface area (Å²) in [5.74, 6) is 1.18. The van der Waals surface area contributed by atoms with E-state index in [1.807, 2.05) is 18.6 Å². The SMILES string of the molecule is CC1C=C(N2c3ccccc3C3C=CN=CC32C)C=CC1Cc1ccc(-n2c3ccccc3c3ccncc32)cc1. The number of para-hydroxylation sites is 2. The van der Waals surface area contributed by atoms with Gasteiger partial charge in [-0.05, 0) is 72.7 Å². The van der Waals surface area contributed by atoms with Gasteiger partial charge in [0, 0.05) is 52.4 Å². The van der Waals surface area contributed by atoms with Crippen LogP contribution in [0.5, 0.6) is 0 Å². The molecule has 4 heteroatoms.